The maximum absolute atomic E-state index is 10.7. The molecular weight excluding hydrogens is 180 g/mol. The normalized spacial score (nSPS) is 12.7. The standard InChI is InChI=1S/C11H22O3/c1-9(13)14-8-11(4,5)6-10(2,3)7-12/h12H,6-8H2,1-5H3. The van der Waals surface area contributed by atoms with Crippen molar-refractivity contribution in [3.8, 4) is 0 Å². The fraction of sp³-hybridized carbons (Fsp3) is 0.909. The summed E-state index contributed by atoms with van der Waals surface area (Å²) in [6, 6.07) is 0. The van der Waals surface area contributed by atoms with Gasteiger partial charge >= 0.3 is 5.97 Å². The number of carbonyl (C=O) groups is 1. The SMILES string of the molecule is CC(=O)OCC(C)(C)CC(C)(C)CO. The van der Waals surface area contributed by atoms with Crippen LogP contribution in [0.3, 0.4) is 0 Å². The van der Waals surface area contributed by atoms with Crippen LogP contribution in [-0.4, -0.2) is 24.3 Å². The molecule has 0 radical (unpaired) electrons. The van der Waals surface area contributed by atoms with E-state index in [1.165, 1.54) is 6.92 Å². The average Bonchev–Trinajstić information content (AvgIpc) is 1.99. The van der Waals surface area contributed by atoms with Gasteiger partial charge in [0.05, 0.1) is 6.61 Å². The molecule has 0 spiro atoms. The molecule has 0 unspecified atom stereocenters. The Bertz CT molecular complexity index is 195. The van der Waals surface area contributed by atoms with Crippen molar-refractivity contribution >= 4 is 5.97 Å². The summed E-state index contributed by atoms with van der Waals surface area (Å²) < 4.78 is 4.98. The second-order valence-corrected chi connectivity index (χ2v) is 5.44. The monoisotopic (exact) mass is 202 g/mol. The van der Waals surface area contributed by atoms with Gasteiger partial charge in [0.25, 0.3) is 0 Å². The molecule has 1 N–H and O–H groups in total. The highest BCUT2D eigenvalue weighted by Crippen LogP contribution is 2.33. The summed E-state index contributed by atoms with van der Waals surface area (Å²) in [4.78, 5) is 10.7. The van der Waals surface area contributed by atoms with Crippen LogP contribution < -0.4 is 0 Å². The van der Waals surface area contributed by atoms with Crippen molar-refractivity contribution in [3.05, 3.63) is 0 Å². The minimum Gasteiger partial charge on any atom is -0.465 e. The lowest BCUT2D eigenvalue weighted by Crippen LogP contribution is -2.30. The van der Waals surface area contributed by atoms with Gasteiger partial charge < -0.3 is 9.84 Å². The van der Waals surface area contributed by atoms with Gasteiger partial charge in [-0.25, -0.2) is 0 Å². The molecule has 0 aliphatic rings. The maximum Gasteiger partial charge on any atom is 0.302 e. The van der Waals surface area contributed by atoms with Gasteiger partial charge in [-0.1, -0.05) is 27.7 Å². The van der Waals surface area contributed by atoms with Gasteiger partial charge in [0.15, 0.2) is 0 Å². The zero-order chi connectivity index (χ0) is 11.4. The van der Waals surface area contributed by atoms with Crippen molar-refractivity contribution < 1.29 is 14.6 Å². The number of esters is 1. The zero-order valence-corrected chi connectivity index (χ0v) is 9.89. The van der Waals surface area contributed by atoms with Crippen LogP contribution in [0, 0.1) is 10.8 Å². The zero-order valence-electron chi connectivity index (χ0n) is 9.89. The van der Waals surface area contributed by atoms with Gasteiger partial charge in [0.1, 0.15) is 0 Å². The highest BCUT2D eigenvalue weighted by molar-refractivity contribution is 5.65. The third-order valence-corrected chi connectivity index (χ3v) is 2.05. The lowest BCUT2D eigenvalue weighted by molar-refractivity contribution is -0.144. The van der Waals surface area contributed by atoms with Gasteiger partial charge in [0, 0.05) is 13.5 Å². The number of carbonyl (C=O) groups excluding carboxylic acids is 1. The van der Waals surface area contributed by atoms with Crippen LogP contribution in [0.4, 0.5) is 0 Å². The van der Waals surface area contributed by atoms with Crippen LogP contribution >= 0.6 is 0 Å². The van der Waals surface area contributed by atoms with Crippen molar-refractivity contribution in [1.29, 1.82) is 0 Å². The van der Waals surface area contributed by atoms with Crippen LogP contribution in [-0.2, 0) is 9.53 Å². The minimum atomic E-state index is -0.250. The van der Waals surface area contributed by atoms with E-state index in [1.807, 2.05) is 27.7 Å². The molecule has 0 atom stereocenters. The van der Waals surface area contributed by atoms with E-state index in [0.717, 1.165) is 6.42 Å². The number of hydrogen-bond acceptors (Lipinski definition) is 3. The molecule has 0 aromatic rings. The van der Waals surface area contributed by atoms with E-state index >= 15 is 0 Å². The van der Waals surface area contributed by atoms with E-state index in [2.05, 4.69) is 0 Å². The summed E-state index contributed by atoms with van der Waals surface area (Å²) >= 11 is 0. The Balaban J connectivity index is 4.12. The first kappa shape index (κ1) is 13.4. The van der Waals surface area contributed by atoms with Gasteiger partial charge in [-0.05, 0) is 17.3 Å². The maximum atomic E-state index is 10.7. The molecule has 0 saturated carbocycles. The van der Waals surface area contributed by atoms with Gasteiger partial charge in [0.2, 0.25) is 0 Å². The van der Waals surface area contributed by atoms with Crippen LogP contribution in [0.2, 0.25) is 0 Å². The molecule has 3 heteroatoms. The first-order valence-corrected chi connectivity index (χ1v) is 4.93. The highest BCUT2D eigenvalue weighted by Gasteiger charge is 2.29. The molecule has 0 amide bonds. The Morgan fingerprint density at radius 2 is 1.71 bits per heavy atom. The van der Waals surface area contributed by atoms with E-state index in [9.17, 15) is 4.79 Å². The Morgan fingerprint density at radius 1 is 1.21 bits per heavy atom. The predicted molar refractivity (Wildman–Crippen MR) is 55.9 cm³/mol. The fourth-order valence-corrected chi connectivity index (χ4v) is 1.70. The van der Waals surface area contributed by atoms with Gasteiger partial charge in [-0.3, -0.25) is 4.79 Å². The van der Waals surface area contributed by atoms with E-state index in [0.29, 0.717) is 6.61 Å². The summed E-state index contributed by atoms with van der Waals surface area (Å²) in [5.41, 5.74) is -0.207. The van der Waals surface area contributed by atoms with Crippen molar-refractivity contribution in [2.24, 2.45) is 10.8 Å². The molecular formula is C11H22O3. The molecule has 3 nitrogen and oxygen atoms in total. The molecule has 0 bridgehead atoms. The summed E-state index contributed by atoms with van der Waals surface area (Å²) in [6.07, 6.45) is 0.823. The number of ether oxygens (including phenoxy) is 1. The molecule has 0 aliphatic carbocycles. The smallest absolute Gasteiger partial charge is 0.302 e. The van der Waals surface area contributed by atoms with Gasteiger partial charge in [-0.15, -0.1) is 0 Å². The molecule has 0 heterocycles. The Morgan fingerprint density at radius 3 is 2.07 bits per heavy atom. The minimum absolute atomic E-state index is 0.0854. The summed E-state index contributed by atoms with van der Waals surface area (Å²) in [5, 5.41) is 9.13. The van der Waals surface area contributed by atoms with E-state index in [1.54, 1.807) is 0 Å². The molecule has 0 rings (SSSR count). The lowest BCUT2D eigenvalue weighted by Gasteiger charge is -2.33. The Labute approximate surface area is 86.5 Å². The van der Waals surface area contributed by atoms with Crippen molar-refractivity contribution in [2.45, 2.75) is 41.0 Å². The largest absolute Gasteiger partial charge is 0.465 e. The average molecular weight is 202 g/mol. The van der Waals surface area contributed by atoms with Crippen molar-refractivity contribution in [2.75, 3.05) is 13.2 Å². The number of aliphatic hydroxyl groups is 1. The highest BCUT2D eigenvalue weighted by atomic mass is 16.5. The Kier molecular flexibility index (Phi) is 4.59. The third-order valence-electron chi connectivity index (χ3n) is 2.05. The first-order chi connectivity index (χ1) is 6.18. The van der Waals surface area contributed by atoms with E-state index in [4.69, 9.17) is 9.84 Å². The Hall–Kier alpha value is -0.570. The molecule has 0 saturated heterocycles. The van der Waals surface area contributed by atoms with Crippen LogP contribution in [0.15, 0.2) is 0 Å². The first-order valence-electron chi connectivity index (χ1n) is 4.93. The van der Waals surface area contributed by atoms with E-state index in [-0.39, 0.29) is 23.4 Å². The molecule has 14 heavy (non-hydrogen) atoms. The van der Waals surface area contributed by atoms with Crippen molar-refractivity contribution in [3.63, 3.8) is 0 Å². The quantitative estimate of drug-likeness (QED) is 0.693. The molecule has 0 aliphatic heterocycles. The molecule has 84 valence electrons. The third kappa shape index (κ3) is 5.97. The van der Waals surface area contributed by atoms with Gasteiger partial charge in [-0.2, -0.15) is 0 Å². The fourth-order valence-electron chi connectivity index (χ4n) is 1.70. The second-order valence-electron chi connectivity index (χ2n) is 5.44. The molecule has 0 aromatic heterocycles. The van der Waals surface area contributed by atoms with Crippen LogP contribution in [0.5, 0.6) is 0 Å². The van der Waals surface area contributed by atoms with Crippen LogP contribution in [0.25, 0.3) is 0 Å². The van der Waals surface area contributed by atoms with Crippen LogP contribution in [0.1, 0.15) is 41.0 Å². The van der Waals surface area contributed by atoms with E-state index < -0.39 is 0 Å². The second kappa shape index (κ2) is 4.78. The van der Waals surface area contributed by atoms with Crippen molar-refractivity contribution in [1.82, 2.24) is 0 Å². The summed E-state index contributed by atoms with van der Waals surface area (Å²) in [6.45, 7) is 10.0. The number of hydrogen-bond donors (Lipinski definition) is 1. The molecule has 0 fully saturated rings. The summed E-state index contributed by atoms with van der Waals surface area (Å²) in [5.74, 6) is -0.250. The topological polar surface area (TPSA) is 46.5 Å². The molecule has 0 aromatic carbocycles. The lowest BCUT2D eigenvalue weighted by atomic mass is 9.76. The number of aliphatic hydroxyl groups excluding tert-OH is 1. The summed E-state index contributed by atoms with van der Waals surface area (Å²) in [7, 11) is 0. The predicted octanol–water partition coefficient (Wildman–Crippen LogP) is 1.98. The number of rotatable bonds is 5.